The van der Waals surface area contributed by atoms with Gasteiger partial charge in [-0.05, 0) is 39.8 Å². The lowest BCUT2D eigenvalue weighted by Gasteiger charge is -2.12. The van der Waals surface area contributed by atoms with Crippen molar-refractivity contribution in [2.45, 2.75) is 34.6 Å². The van der Waals surface area contributed by atoms with Crippen LogP contribution in [0, 0.1) is 13.8 Å². The molecule has 0 fully saturated rings. The second-order valence-electron chi connectivity index (χ2n) is 5.28. The lowest BCUT2D eigenvalue weighted by molar-refractivity contribution is -0.112. The fourth-order valence-corrected chi connectivity index (χ4v) is 2.90. The third-order valence-electron chi connectivity index (χ3n) is 3.66. The first kappa shape index (κ1) is 15.8. The van der Waals surface area contributed by atoms with Crippen LogP contribution in [0.2, 0.25) is 0 Å². The largest absolute Gasteiger partial charge is 0.510 e. The van der Waals surface area contributed by atoms with Crippen LogP contribution >= 0.6 is 0 Å². The van der Waals surface area contributed by atoms with Crippen molar-refractivity contribution in [3.8, 4) is 11.3 Å². The summed E-state index contributed by atoms with van der Waals surface area (Å²) in [5.74, 6) is 0.0735. The zero-order valence-corrected chi connectivity index (χ0v) is 13.4. The number of aromatic nitrogens is 1. The van der Waals surface area contributed by atoms with Crippen LogP contribution in [-0.4, -0.2) is 21.2 Å². The van der Waals surface area contributed by atoms with Gasteiger partial charge in [0.05, 0.1) is 6.26 Å². The van der Waals surface area contributed by atoms with Crippen LogP contribution in [0.15, 0.2) is 28.6 Å². The minimum absolute atomic E-state index is 0.0882. The Bertz CT molecular complexity index is 772. The minimum Gasteiger partial charge on any atom is -0.510 e. The highest BCUT2D eigenvalue weighted by atomic mass is 16.3. The number of Topliss-reactive ketones (excluding diaryl/α,β-unsaturated/α-hetero) is 2. The number of carbonyl (C=O) groups is 2. The van der Waals surface area contributed by atoms with E-state index in [9.17, 15) is 14.7 Å². The fraction of sp³-hybridized carbons (Fsp3) is 0.294. The summed E-state index contributed by atoms with van der Waals surface area (Å²) in [5, 5.41) is 9.88. The molecular weight excluding hydrogens is 282 g/mol. The molecule has 0 spiro atoms. The maximum atomic E-state index is 12.1. The van der Waals surface area contributed by atoms with E-state index >= 15 is 0 Å². The minimum atomic E-state index is -0.276. The van der Waals surface area contributed by atoms with Gasteiger partial charge < -0.3 is 14.1 Å². The van der Waals surface area contributed by atoms with Gasteiger partial charge in [0, 0.05) is 29.4 Å². The second-order valence-corrected chi connectivity index (χ2v) is 5.28. The average molecular weight is 301 g/mol. The van der Waals surface area contributed by atoms with Crippen LogP contribution in [0.25, 0.3) is 17.0 Å². The number of nitrogens with zero attached hydrogens (tertiary/aromatic N) is 1. The monoisotopic (exact) mass is 301 g/mol. The molecule has 0 bridgehead atoms. The van der Waals surface area contributed by atoms with Gasteiger partial charge in [-0.1, -0.05) is 0 Å². The lowest BCUT2D eigenvalue weighted by atomic mass is 10.0. The molecular formula is C17H19NO4. The third kappa shape index (κ3) is 2.39. The van der Waals surface area contributed by atoms with E-state index < -0.39 is 0 Å². The molecule has 2 heterocycles. The standard InChI is InChI=1S/C17H19NO4/c1-9-15(11(3)19)16(14-7-6-8-22-14)10(2)18(9)17(12(4)20)13(5)21/h6-8,20H,1-5H3/b17-12+. The number of hydrogen-bond acceptors (Lipinski definition) is 4. The molecule has 2 aromatic rings. The lowest BCUT2D eigenvalue weighted by Crippen LogP contribution is -2.11. The van der Waals surface area contributed by atoms with Gasteiger partial charge in [0.15, 0.2) is 11.6 Å². The molecule has 2 aromatic heterocycles. The Balaban J connectivity index is 2.90. The Hall–Kier alpha value is -2.56. The van der Waals surface area contributed by atoms with E-state index in [0.717, 1.165) is 0 Å². The number of ketones is 2. The smallest absolute Gasteiger partial charge is 0.179 e. The van der Waals surface area contributed by atoms with Gasteiger partial charge in [-0.25, -0.2) is 0 Å². The van der Waals surface area contributed by atoms with E-state index in [0.29, 0.717) is 28.3 Å². The second kappa shape index (κ2) is 5.67. The molecule has 0 amide bonds. The Morgan fingerprint density at radius 1 is 1.14 bits per heavy atom. The molecule has 0 aliphatic carbocycles. The Kier molecular flexibility index (Phi) is 4.08. The summed E-state index contributed by atoms with van der Waals surface area (Å²) >= 11 is 0. The molecule has 0 aliphatic rings. The van der Waals surface area contributed by atoms with Crippen molar-refractivity contribution in [2.75, 3.05) is 0 Å². The summed E-state index contributed by atoms with van der Waals surface area (Å²) in [6.45, 7) is 7.86. The predicted octanol–water partition coefficient (Wildman–Crippen LogP) is 3.90. The summed E-state index contributed by atoms with van der Waals surface area (Å²) in [6.07, 6.45) is 1.53. The topological polar surface area (TPSA) is 72.4 Å². The molecule has 1 N–H and O–H groups in total. The number of rotatable bonds is 4. The normalized spacial score (nSPS) is 12.2. The fourth-order valence-electron chi connectivity index (χ4n) is 2.90. The molecule has 0 atom stereocenters. The molecule has 0 saturated carbocycles. The van der Waals surface area contributed by atoms with E-state index in [1.807, 2.05) is 0 Å². The van der Waals surface area contributed by atoms with E-state index in [2.05, 4.69) is 0 Å². The number of carbonyl (C=O) groups excluding carboxylic acids is 2. The van der Waals surface area contributed by atoms with Crippen molar-refractivity contribution in [1.29, 1.82) is 0 Å². The van der Waals surface area contributed by atoms with Gasteiger partial charge >= 0.3 is 0 Å². The van der Waals surface area contributed by atoms with Crippen LogP contribution in [-0.2, 0) is 4.79 Å². The van der Waals surface area contributed by atoms with E-state index in [-0.39, 0.29) is 23.0 Å². The molecule has 116 valence electrons. The number of furan rings is 1. The summed E-state index contributed by atoms with van der Waals surface area (Å²) in [5.41, 5.74) is 2.59. The molecule has 2 rings (SSSR count). The molecule has 0 saturated heterocycles. The molecule has 0 aliphatic heterocycles. The van der Waals surface area contributed by atoms with Crippen LogP contribution in [0.5, 0.6) is 0 Å². The summed E-state index contributed by atoms with van der Waals surface area (Å²) < 4.78 is 7.05. The van der Waals surface area contributed by atoms with Crippen LogP contribution in [0.4, 0.5) is 0 Å². The first-order chi connectivity index (χ1) is 10.3. The first-order valence-corrected chi connectivity index (χ1v) is 6.95. The van der Waals surface area contributed by atoms with Crippen molar-refractivity contribution >= 4 is 17.3 Å². The highest BCUT2D eigenvalue weighted by molar-refractivity contribution is 6.15. The third-order valence-corrected chi connectivity index (χ3v) is 3.66. The molecule has 0 aromatic carbocycles. The first-order valence-electron chi connectivity index (χ1n) is 6.95. The molecule has 22 heavy (non-hydrogen) atoms. The van der Waals surface area contributed by atoms with Crippen molar-refractivity contribution in [1.82, 2.24) is 4.57 Å². The summed E-state index contributed by atoms with van der Waals surface area (Å²) in [7, 11) is 0. The Morgan fingerprint density at radius 2 is 1.77 bits per heavy atom. The highest BCUT2D eigenvalue weighted by Gasteiger charge is 2.27. The van der Waals surface area contributed by atoms with Gasteiger partial charge in [-0.3, -0.25) is 9.59 Å². The molecule has 5 nitrogen and oxygen atoms in total. The maximum Gasteiger partial charge on any atom is 0.179 e. The predicted molar refractivity (Wildman–Crippen MR) is 83.8 cm³/mol. The average Bonchev–Trinajstić information content (AvgIpc) is 2.99. The summed E-state index contributed by atoms with van der Waals surface area (Å²) in [6, 6.07) is 3.51. The molecule has 0 radical (unpaired) electrons. The maximum absolute atomic E-state index is 12.1. The quantitative estimate of drug-likeness (QED) is 0.528. The van der Waals surface area contributed by atoms with Crippen molar-refractivity contribution < 1.29 is 19.1 Å². The summed E-state index contributed by atoms with van der Waals surface area (Å²) in [4.78, 5) is 24.0. The van der Waals surface area contributed by atoms with Crippen molar-refractivity contribution in [3.63, 3.8) is 0 Å². The Labute approximate surface area is 128 Å². The van der Waals surface area contributed by atoms with E-state index in [4.69, 9.17) is 4.42 Å². The van der Waals surface area contributed by atoms with Crippen LogP contribution in [0.3, 0.4) is 0 Å². The van der Waals surface area contributed by atoms with Gasteiger partial charge in [0.2, 0.25) is 0 Å². The zero-order valence-electron chi connectivity index (χ0n) is 13.4. The van der Waals surface area contributed by atoms with Crippen molar-refractivity contribution in [2.24, 2.45) is 0 Å². The zero-order chi connectivity index (χ0) is 16.6. The SMILES string of the molecule is CC(=O)/C(=C(/C)O)n1c(C)c(C(C)=O)c(-c2ccco2)c1C. The van der Waals surface area contributed by atoms with E-state index in [1.165, 1.54) is 27.0 Å². The number of allylic oxidation sites excluding steroid dienone is 2. The highest BCUT2D eigenvalue weighted by Crippen LogP contribution is 2.35. The van der Waals surface area contributed by atoms with E-state index in [1.54, 1.807) is 30.5 Å². The van der Waals surface area contributed by atoms with Gasteiger partial charge in [0.1, 0.15) is 17.2 Å². The molecule has 0 unspecified atom stereocenters. The van der Waals surface area contributed by atoms with Crippen LogP contribution in [0.1, 0.15) is 42.5 Å². The number of hydrogen-bond donors (Lipinski definition) is 1. The number of aliphatic hydroxyl groups is 1. The van der Waals surface area contributed by atoms with Crippen LogP contribution < -0.4 is 0 Å². The Morgan fingerprint density at radius 3 is 2.18 bits per heavy atom. The number of aliphatic hydroxyl groups excluding tert-OH is 1. The van der Waals surface area contributed by atoms with Gasteiger partial charge in [-0.2, -0.15) is 0 Å². The van der Waals surface area contributed by atoms with Gasteiger partial charge in [0.25, 0.3) is 0 Å². The van der Waals surface area contributed by atoms with Crippen molar-refractivity contribution in [3.05, 3.63) is 41.1 Å². The molecule has 5 heteroatoms. The van der Waals surface area contributed by atoms with Gasteiger partial charge in [-0.15, -0.1) is 0 Å².